The summed E-state index contributed by atoms with van der Waals surface area (Å²) in [6.45, 7) is 0. The molecule has 0 heterocycles. The second-order valence-corrected chi connectivity index (χ2v) is 3.53. The molecule has 0 aliphatic rings. The number of hydrogen-bond donors (Lipinski definition) is 0. The molecule has 0 radical (unpaired) electrons. The zero-order valence-electron chi connectivity index (χ0n) is 8.01. The molecule has 0 bridgehead atoms. The lowest BCUT2D eigenvalue weighted by atomic mass is 10.2. The van der Waals surface area contributed by atoms with Crippen LogP contribution in [0, 0.1) is 17.7 Å². The van der Waals surface area contributed by atoms with Crippen molar-refractivity contribution in [2.45, 2.75) is 6.42 Å². The zero-order valence-corrected chi connectivity index (χ0v) is 9.60. The maximum absolute atomic E-state index is 12.8. The van der Waals surface area contributed by atoms with Gasteiger partial charge in [-0.05, 0) is 34.1 Å². The molecule has 0 fully saturated rings. The van der Waals surface area contributed by atoms with E-state index in [4.69, 9.17) is 0 Å². The van der Waals surface area contributed by atoms with Crippen LogP contribution in [0.1, 0.15) is 12.0 Å². The van der Waals surface area contributed by atoms with Crippen molar-refractivity contribution in [2.24, 2.45) is 0 Å². The van der Waals surface area contributed by atoms with E-state index < -0.39 is 5.97 Å². The summed E-state index contributed by atoms with van der Waals surface area (Å²) in [6, 6.07) is 4.20. The van der Waals surface area contributed by atoms with Crippen molar-refractivity contribution in [3.05, 3.63) is 34.1 Å². The maximum atomic E-state index is 12.8. The molecule has 0 aromatic heterocycles. The summed E-state index contributed by atoms with van der Waals surface area (Å²) < 4.78 is 17.9. The van der Waals surface area contributed by atoms with Crippen LogP contribution in [0.5, 0.6) is 0 Å². The van der Waals surface area contributed by atoms with Crippen LogP contribution < -0.4 is 0 Å². The van der Waals surface area contributed by atoms with E-state index in [9.17, 15) is 9.18 Å². The third-order valence-corrected chi connectivity index (χ3v) is 2.30. The smallest absolute Gasteiger partial charge is 0.317 e. The fourth-order valence-corrected chi connectivity index (χ4v) is 1.22. The maximum Gasteiger partial charge on any atom is 0.317 e. The molecule has 2 nitrogen and oxygen atoms in total. The van der Waals surface area contributed by atoms with Crippen molar-refractivity contribution in [2.75, 3.05) is 7.11 Å². The summed E-state index contributed by atoms with van der Waals surface area (Å²) >= 11 is 3.23. The molecule has 1 aromatic carbocycles. The topological polar surface area (TPSA) is 26.3 Å². The molecule has 1 aromatic rings. The Morgan fingerprint density at radius 2 is 2.33 bits per heavy atom. The van der Waals surface area contributed by atoms with Crippen molar-refractivity contribution in [3.8, 4) is 11.8 Å². The predicted molar refractivity (Wildman–Crippen MR) is 57.6 cm³/mol. The van der Waals surface area contributed by atoms with Gasteiger partial charge in [-0.3, -0.25) is 4.79 Å². The Kier molecular flexibility index (Phi) is 4.32. The molecule has 0 N–H and O–H groups in total. The fourth-order valence-electron chi connectivity index (χ4n) is 0.877. The number of methoxy groups -OCH3 is 1. The standard InChI is InChI=1S/C11H8BrFO2/c1-15-11(14)4-2-3-8-7-9(13)5-6-10(8)12/h5-7H,4H2,1H3. The van der Waals surface area contributed by atoms with Gasteiger partial charge in [-0.1, -0.05) is 11.8 Å². The summed E-state index contributed by atoms with van der Waals surface area (Å²) in [5.41, 5.74) is 0.513. The van der Waals surface area contributed by atoms with E-state index in [-0.39, 0.29) is 12.2 Å². The molecule has 4 heteroatoms. The van der Waals surface area contributed by atoms with Crippen molar-refractivity contribution < 1.29 is 13.9 Å². The molecule has 0 saturated heterocycles. The van der Waals surface area contributed by atoms with Gasteiger partial charge in [0, 0.05) is 10.0 Å². The predicted octanol–water partition coefficient (Wildman–Crippen LogP) is 2.50. The van der Waals surface area contributed by atoms with Crippen LogP contribution in [-0.4, -0.2) is 13.1 Å². The van der Waals surface area contributed by atoms with Gasteiger partial charge in [0.2, 0.25) is 0 Å². The monoisotopic (exact) mass is 270 g/mol. The van der Waals surface area contributed by atoms with Crippen LogP contribution >= 0.6 is 15.9 Å². The highest BCUT2D eigenvalue weighted by atomic mass is 79.9. The number of carbonyl (C=O) groups excluding carboxylic acids is 1. The number of halogens is 2. The SMILES string of the molecule is COC(=O)CC#Cc1cc(F)ccc1Br. The molecule has 0 spiro atoms. The van der Waals surface area contributed by atoms with Crippen LogP contribution in [0.15, 0.2) is 22.7 Å². The Bertz CT molecular complexity index is 432. The normalized spacial score (nSPS) is 9.00. The molecule has 0 aliphatic heterocycles. The molecular formula is C11H8BrFO2. The first-order chi connectivity index (χ1) is 7.13. The van der Waals surface area contributed by atoms with Crippen molar-refractivity contribution >= 4 is 21.9 Å². The zero-order chi connectivity index (χ0) is 11.3. The second-order valence-electron chi connectivity index (χ2n) is 2.68. The van der Waals surface area contributed by atoms with Crippen LogP contribution in [-0.2, 0) is 9.53 Å². The van der Waals surface area contributed by atoms with Crippen molar-refractivity contribution in [1.82, 2.24) is 0 Å². The molecule has 15 heavy (non-hydrogen) atoms. The van der Waals surface area contributed by atoms with E-state index >= 15 is 0 Å². The number of hydrogen-bond acceptors (Lipinski definition) is 2. The summed E-state index contributed by atoms with van der Waals surface area (Å²) in [7, 11) is 1.29. The van der Waals surface area contributed by atoms with Gasteiger partial charge in [0.05, 0.1) is 7.11 Å². The van der Waals surface area contributed by atoms with Crippen molar-refractivity contribution in [1.29, 1.82) is 0 Å². The quantitative estimate of drug-likeness (QED) is 0.579. The Morgan fingerprint density at radius 3 is 3.00 bits per heavy atom. The first-order valence-corrected chi connectivity index (χ1v) is 4.93. The van der Waals surface area contributed by atoms with Gasteiger partial charge in [0.25, 0.3) is 0 Å². The average Bonchev–Trinajstić information content (AvgIpc) is 2.23. The lowest BCUT2D eigenvalue weighted by Crippen LogP contribution is -1.97. The highest BCUT2D eigenvalue weighted by Crippen LogP contribution is 2.16. The molecule has 78 valence electrons. The number of rotatable bonds is 1. The van der Waals surface area contributed by atoms with Gasteiger partial charge in [0.15, 0.2) is 0 Å². The average molecular weight is 271 g/mol. The van der Waals surface area contributed by atoms with E-state index in [1.54, 1.807) is 6.07 Å². The Balaban J connectivity index is 2.79. The molecule has 0 unspecified atom stereocenters. The largest absolute Gasteiger partial charge is 0.468 e. The van der Waals surface area contributed by atoms with Crippen molar-refractivity contribution in [3.63, 3.8) is 0 Å². The summed E-state index contributed by atoms with van der Waals surface area (Å²) in [5, 5.41) is 0. The molecule has 0 aliphatic carbocycles. The van der Waals surface area contributed by atoms with Gasteiger partial charge >= 0.3 is 5.97 Å². The highest BCUT2D eigenvalue weighted by Gasteiger charge is 1.98. The molecule has 1 rings (SSSR count). The minimum absolute atomic E-state index is 0.000542. The minimum atomic E-state index is -0.407. The van der Waals surface area contributed by atoms with Crippen LogP contribution in [0.4, 0.5) is 4.39 Å². The Labute approximate surface area is 95.6 Å². The van der Waals surface area contributed by atoms with Gasteiger partial charge < -0.3 is 4.74 Å². The summed E-state index contributed by atoms with van der Waals surface area (Å²) in [6.07, 6.45) is -0.000542. The third-order valence-electron chi connectivity index (χ3n) is 1.61. The second kappa shape index (κ2) is 5.52. The van der Waals surface area contributed by atoms with Crippen LogP contribution in [0.2, 0.25) is 0 Å². The van der Waals surface area contributed by atoms with Gasteiger partial charge in [-0.2, -0.15) is 0 Å². The lowest BCUT2D eigenvalue weighted by molar-refractivity contribution is -0.139. The van der Waals surface area contributed by atoms with Crippen LogP contribution in [0.3, 0.4) is 0 Å². The molecule has 0 amide bonds. The number of esters is 1. The Morgan fingerprint density at radius 1 is 1.60 bits per heavy atom. The van der Waals surface area contributed by atoms with E-state index in [2.05, 4.69) is 32.5 Å². The van der Waals surface area contributed by atoms with E-state index in [1.807, 2.05) is 0 Å². The van der Waals surface area contributed by atoms with Crippen LogP contribution in [0.25, 0.3) is 0 Å². The number of carbonyl (C=O) groups is 1. The van der Waals surface area contributed by atoms with Gasteiger partial charge in [-0.25, -0.2) is 4.39 Å². The summed E-state index contributed by atoms with van der Waals surface area (Å²) in [5.74, 6) is 4.51. The molecule has 0 saturated carbocycles. The highest BCUT2D eigenvalue weighted by molar-refractivity contribution is 9.10. The lowest BCUT2D eigenvalue weighted by Gasteiger charge is -1.95. The van der Waals surface area contributed by atoms with E-state index in [0.29, 0.717) is 10.0 Å². The van der Waals surface area contributed by atoms with Gasteiger partial charge in [-0.15, -0.1) is 0 Å². The number of benzene rings is 1. The fraction of sp³-hybridized carbons (Fsp3) is 0.182. The molecule has 0 atom stereocenters. The van der Waals surface area contributed by atoms with Gasteiger partial charge in [0.1, 0.15) is 12.2 Å². The minimum Gasteiger partial charge on any atom is -0.468 e. The Hall–Kier alpha value is -1.34. The first kappa shape index (κ1) is 11.7. The third kappa shape index (κ3) is 3.72. The molecular weight excluding hydrogens is 263 g/mol. The van der Waals surface area contributed by atoms with E-state index in [1.165, 1.54) is 19.2 Å². The summed E-state index contributed by atoms with van der Waals surface area (Å²) in [4.78, 5) is 10.7. The number of ether oxygens (including phenoxy) is 1. The van der Waals surface area contributed by atoms with E-state index in [0.717, 1.165) is 0 Å². The first-order valence-electron chi connectivity index (χ1n) is 4.14.